The van der Waals surface area contributed by atoms with E-state index in [1.54, 1.807) is 0 Å². The molecule has 0 radical (unpaired) electrons. The van der Waals surface area contributed by atoms with Crippen LogP contribution in [0.5, 0.6) is 0 Å². The molecule has 42 nitrogen and oxygen atoms in total. The average molecular weight is 1480 g/mol. The predicted molar refractivity (Wildman–Crippen MR) is 320 cm³/mol. The van der Waals surface area contributed by atoms with Crippen molar-refractivity contribution in [1.29, 1.82) is 0 Å². The van der Waals surface area contributed by atoms with Gasteiger partial charge in [-0.3, -0.25) is 4.79 Å². The van der Waals surface area contributed by atoms with Crippen molar-refractivity contribution in [2.75, 3.05) is 53.4 Å². The fourth-order valence-electron chi connectivity index (χ4n) is 13.3. The summed E-state index contributed by atoms with van der Waals surface area (Å²) in [5, 5.41) is 253. The Balaban J connectivity index is 0.000000323. The van der Waals surface area contributed by atoms with Gasteiger partial charge in [0.05, 0.1) is 95.1 Å². The third-order valence-corrected chi connectivity index (χ3v) is 19.6. The normalized spacial score (nSPS) is 45.6. The number of aliphatic hydroxyl groups is 21. The Morgan fingerprint density at radius 3 is 1.27 bits per heavy atom. The fraction of sp³-hybridized carbons (Fsp3) is 0.932. The van der Waals surface area contributed by atoms with Gasteiger partial charge in [-0.25, -0.2) is 14.4 Å². The van der Waals surface area contributed by atoms with E-state index >= 15 is 0 Å². The van der Waals surface area contributed by atoms with Gasteiger partial charge in [-0.05, 0) is 13.8 Å². The lowest BCUT2D eigenvalue weighted by atomic mass is 9.83. The Kier molecular flexibility index (Phi) is 31.2. The summed E-state index contributed by atoms with van der Waals surface area (Å²) in [6.45, 7) is 1.58. The molecule has 0 aromatic heterocycles. The standard InChI is InChI=1S/C32H55NO22.C27H46O19/c1-10-13(39)5-32(31(46)47,54-24(10)20(42)14(40)6-34)55-28-23(45)30(52-25-16(8-36)49-11(2)19(41)22(25)44)51-17(9-37)26(28)53-29-18(33-12(3)38)27(48-4)21(43)15(7-35)50-29;1-9-12(31)4-26(24(38)39,44-21(9)18(35)14(33)6-28)43-16(8-30)20(37)22-10(2)13(32)5-27(45-22,25(40)41)46-23-17(34)11(3)42-15(7-29)19(23)36/h10-11,13-30,34-37,39-45H,5-9H2,1-4H3,(H,33,38)(H,46,47);9-23,28-37H,4-8H2,1-3H3,(H,38,39)(H,40,41)/t10-,11?,13?,14-,15?,16?,17?,18?,19?,20-,21+,22-,23?,24-,25-,26+,27-,28-,29+,30+,32+;9-,10-,11+,12?,13?,14-,15?,16-,17?,18-,19+,20-,21-,22-,23-,26-,27+/m11/s1. The van der Waals surface area contributed by atoms with Gasteiger partial charge in [0.2, 0.25) is 5.91 Å². The lowest BCUT2D eigenvalue weighted by Crippen LogP contribution is -2.70. The number of carbonyl (C=O) groups is 4. The number of hydrogen-bond acceptors (Lipinski definition) is 38. The van der Waals surface area contributed by atoms with E-state index in [0.717, 1.165) is 6.92 Å². The SMILES string of the molecule is CO[C@@H]1C(NC(C)=O)[C@H](O[C@H]2C(CO)O[C@@H](O[C@@H]3C(CO)OC(C)C(O)[C@H]3O)C(O)[C@H]2O[C@]2(C(=O)O)CC(O)[C@@H](C)[C@H]([C@H](O)[C@H](O)CO)O2)OC(CO)[C@@H]1O.C[C@@H]1OC(CO)[C@H](O)[C@H](O[C@]2(C(=O)O)CC(O)[C@@H](C)[C@H]([C@H](O)[C@@H](CO)O[C@]3(C(=O)O)CC(O)[C@@H](C)[C@H]([C@H](O)[C@H](O)CO)O3)O2)C1O. The van der Waals surface area contributed by atoms with Gasteiger partial charge in [0.15, 0.2) is 12.6 Å². The van der Waals surface area contributed by atoms with Crippen LogP contribution in [-0.4, -0.2) is 413 Å². The molecule has 7 rings (SSSR count). The first kappa shape index (κ1) is 86.4. The van der Waals surface area contributed by atoms with Crippen molar-refractivity contribution in [3.8, 4) is 0 Å². The summed E-state index contributed by atoms with van der Waals surface area (Å²) < 4.78 is 74.0. The molecule has 7 aliphatic heterocycles. The molecule has 12 unspecified atom stereocenters. The zero-order chi connectivity index (χ0) is 76.0. The van der Waals surface area contributed by atoms with Gasteiger partial charge < -0.3 is 189 Å². The minimum atomic E-state index is -3.00. The Labute approximate surface area is 576 Å². The van der Waals surface area contributed by atoms with E-state index in [2.05, 4.69) is 5.32 Å². The first-order valence-corrected chi connectivity index (χ1v) is 32.6. The second kappa shape index (κ2) is 36.4. The number of nitrogens with one attached hydrogen (secondary N) is 1. The number of carbonyl (C=O) groups excluding carboxylic acids is 1. The molecule has 7 fully saturated rings. The maximum atomic E-state index is 13.1. The van der Waals surface area contributed by atoms with Crippen LogP contribution in [0.3, 0.4) is 0 Å². The summed E-state index contributed by atoms with van der Waals surface area (Å²) in [7, 11) is 1.18. The van der Waals surface area contributed by atoms with Crippen LogP contribution in [0.15, 0.2) is 0 Å². The number of carboxylic acid groups (broad SMARTS) is 3. The molecule has 0 bridgehead atoms. The summed E-state index contributed by atoms with van der Waals surface area (Å²) in [4.78, 5) is 50.5. The average Bonchev–Trinajstić information content (AvgIpc) is 0.758. The molecular formula is C59H101NO41. The van der Waals surface area contributed by atoms with Crippen molar-refractivity contribution in [2.45, 2.75) is 274 Å². The van der Waals surface area contributed by atoms with Crippen LogP contribution in [-0.2, 0) is 80.8 Å². The Hall–Kier alpha value is -3.48. The highest BCUT2D eigenvalue weighted by atomic mass is 16.8. The molecule has 0 spiro atoms. The highest BCUT2D eigenvalue weighted by Gasteiger charge is 2.64. The number of aliphatic hydroxyl groups excluding tert-OH is 21. The van der Waals surface area contributed by atoms with E-state index in [-0.39, 0.29) is 0 Å². The van der Waals surface area contributed by atoms with Gasteiger partial charge >= 0.3 is 17.9 Å². The Bertz CT molecular complexity index is 2620. The Morgan fingerprint density at radius 1 is 0.446 bits per heavy atom. The molecule has 1 amide bonds. The molecule has 25 N–H and O–H groups in total. The summed E-state index contributed by atoms with van der Waals surface area (Å²) in [5.74, 6) is -18.3. The van der Waals surface area contributed by atoms with Crippen molar-refractivity contribution in [3.05, 3.63) is 0 Å². The first-order valence-electron chi connectivity index (χ1n) is 32.6. The highest BCUT2D eigenvalue weighted by molar-refractivity contribution is 5.77. The molecule has 101 heavy (non-hydrogen) atoms. The molecule has 0 saturated carbocycles. The minimum absolute atomic E-state index is 0.666. The molecule has 0 aromatic carbocycles. The predicted octanol–water partition coefficient (Wildman–Crippen LogP) is -12.9. The van der Waals surface area contributed by atoms with E-state index in [1.807, 2.05) is 0 Å². The largest absolute Gasteiger partial charge is 0.477 e. The van der Waals surface area contributed by atoms with E-state index in [9.17, 15) is 142 Å². The quantitative estimate of drug-likeness (QED) is 0.0346. The first-order chi connectivity index (χ1) is 47.3. The van der Waals surface area contributed by atoms with Gasteiger partial charge in [0, 0.05) is 51.0 Å². The van der Waals surface area contributed by atoms with Gasteiger partial charge in [0.25, 0.3) is 17.4 Å². The van der Waals surface area contributed by atoms with Gasteiger partial charge in [-0.2, -0.15) is 0 Å². The lowest BCUT2D eigenvalue weighted by Gasteiger charge is -2.52. The molecule has 42 heteroatoms. The maximum Gasteiger partial charge on any atom is 0.364 e. The molecule has 0 aromatic rings. The molecule has 38 atom stereocenters. The minimum Gasteiger partial charge on any atom is -0.477 e. The Morgan fingerprint density at radius 2 is 0.832 bits per heavy atom. The van der Waals surface area contributed by atoms with Crippen molar-refractivity contribution in [2.24, 2.45) is 17.8 Å². The summed E-state index contributed by atoms with van der Waals surface area (Å²) in [5.41, 5.74) is 0. The lowest BCUT2D eigenvalue weighted by molar-refractivity contribution is -0.399. The van der Waals surface area contributed by atoms with Crippen molar-refractivity contribution in [3.63, 3.8) is 0 Å². The summed E-state index contributed by atoms with van der Waals surface area (Å²) >= 11 is 0. The molecule has 7 heterocycles. The van der Waals surface area contributed by atoms with Crippen molar-refractivity contribution >= 4 is 23.8 Å². The van der Waals surface area contributed by atoms with Crippen LogP contribution in [0.4, 0.5) is 0 Å². The number of aliphatic carboxylic acids is 3. The number of carboxylic acids is 3. The van der Waals surface area contributed by atoms with Crippen LogP contribution >= 0.6 is 0 Å². The zero-order valence-corrected chi connectivity index (χ0v) is 56.0. The number of methoxy groups -OCH3 is 1. The molecule has 588 valence electrons. The van der Waals surface area contributed by atoms with Crippen LogP contribution in [0.1, 0.15) is 60.8 Å². The van der Waals surface area contributed by atoms with Crippen LogP contribution < -0.4 is 5.32 Å². The molecular weight excluding hydrogens is 1380 g/mol. The van der Waals surface area contributed by atoms with Crippen molar-refractivity contribution in [1.82, 2.24) is 5.32 Å². The van der Waals surface area contributed by atoms with Gasteiger partial charge in [0.1, 0.15) is 134 Å². The van der Waals surface area contributed by atoms with E-state index in [0.29, 0.717) is 0 Å². The monoisotopic (exact) mass is 1480 g/mol. The number of rotatable bonds is 28. The molecule has 7 aliphatic rings. The molecule has 7 saturated heterocycles. The number of amides is 1. The van der Waals surface area contributed by atoms with E-state index in [1.165, 1.54) is 41.7 Å². The second-order valence-electron chi connectivity index (χ2n) is 26.4. The summed E-state index contributed by atoms with van der Waals surface area (Å²) in [6, 6.07) is -1.38. The van der Waals surface area contributed by atoms with Crippen LogP contribution in [0.25, 0.3) is 0 Å². The molecule has 0 aliphatic carbocycles. The zero-order valence-electron chi connectivity index (χ0n) is 56.0. The topological polar surface area (TPSA) is 686 Å². The van der Waals surface area contributed by atoms with Gasteiger partial charge in [-0.15, -0.1) is 0 Å². The second-order valence-corrected chi connectivity index (χ2v) is 26.4. The third kappa shape index (κ3) is 18.6. The van der Waals surface area contributed by atoms with Crippen molar-refractivity contribution < 1.29 is 203 Å². The summed E-state index contributed by atoms with van der Waals surface area (Å²) in [6.07, 6.45) is -54.7. The number of ether oxygens (including phenoxy) is 13. The van der Waals surface area contributed by atoms with Gasteiger partial charge in [-0.1, -0.05) is 20.8 Å². The van der Waals surface area contributed by atoms with E-state index in [4.69, 9.17) is 61.6 Å². The van der Waals surface area contributed by atoms with E-state index < -0.39 is 320 Å². The highest BCUT2D eigenvalue weighted by Crippen LogP contribution is 2.45. The maximum absolute atomic E-state index is 13.1. The smallest absolute Gasteiger partial charge is 0.364 e. The third-order valence-electron chi connectivity index (χ3n) is 19.6. The fourth-order valence-corrected chi connectivity index (χ4v) is 13.3. The number of hydrogen-bond donors (Lipinski definition) is 25. The van der Waals surface area contributed by atoms with Crippen LogP contribution in [0, 0.1) is 17.8 Å². The van der Waals surface area contributed by atoms with Crippen LogP contribution in [0.2, 0.25) is 0 Å².